The van der Waals surface area contributed by atoms with Crippen molar-refractivity contribution in [2.45, 2.75) is 18.9 Å². The molecule has 0 fully saturated rings. The largest absolute Gasteiger partial charge is 0.488 e. The van der Waals surface area contributed by atoms with Crippen LogP contribution in [0, 0.1) is 0 Å². The zero-order chi connectivity index (χ0) is 15.1. The minimum Gasteiger partial charge on any atom is -0.488 e. The van der Waals surface area contributed by atoms with E-state index in [1.54, 1.807) is 7.05 Å². The van der Waals surface area contributed by atoms with Crippen LogP contribution in [-0.2, 0) is 6.42 Å². The molecular formula is C16H27IN4O. The van der Waals surface area contributed by atoms with Gasteiger partial charge in [0.15, 0.2) is 5.96 Å². The van der Waals surface area contributed by atoms with Gasteiger partial charge in [-0.05, 0) is 38.7 Å². The van der Waals surface area contributed by atoms with Crippen LogP contribution in [0.25, 0.3) is 0 Å². The van der Waals surface area contributed by atoms with Gasteiger partial charge in [0.1, 0.15) is 11.9 Å². The van der Waals surface area contributed by atoms with Crippen LogP contribution in [0.1, 0.15) is 12.0 Å². The second-order valence-electron chi connectivity index (χ2n) is 5.59. The van der Waals surface area contributed by atoms with Gasteiger partial charge in [-0.25, -0.2) is 0 Å². The Kier molecular flexibility index (Phi) is 8.55. The van der Waals surface area contributed by atoms with Crippen LogP contribution in [0.2, 0.25) is 0 Å². The highest BCUT2D eigenvalue weighted by Crippen LogP contribution is 2.27. The van der Waals surface area contributed by atoms with Gasteiger partial charge in [-0.3, -0.25) is 4.99 Å². The summed E-state index contributed by atoms with van der Waals surface area (Å²) in [6, 6.07) is 8.23. The predicted octanol–water partition coefficient (Wildman–Crippen LogP) is 1.72. The third-order valence-electron chi connectivity index (χ3n) is 3.51. The van der Waals surface area contributed by atoms with Crippen molar-refractivity contribution in [3.8, 4) is 5.75 Å². The smallest absolute Gasteiger partial charge is 0.191 e. The molecular weight excluding hydrogens is 391 g/mol. The average Bonchev–Trinajstić information content (AvgIpc) is 2.89. The maximum atomic E-state index is 5.91. The molecule has 0 spiro atoms. The normalized spacial score (nSPS) is 16.7. The van der Waals surface area contributed by atoms with E-state index in [-0.39, 0.29) is 30.1 Å². The van der Waals surface area contributed by atoms with E-state index in [0.29, 0.717) is 0 Å². The van der Waals surface area contributed by atoms with Crippen molar-refractivity contribution in [2.75, 3.05) is 40.8 Å². The number of rotatable bonds is 6. The third-order valence-corrected chi connectivity index (χ3v) is 3.51. The van der Waals surface area contributed by atoms with Crippen LogP contribution < -0.4 is 15.4 Å². The van der Waals surface area contributed by atoms with Crippen molar-refractivity contribution in [3.63, 3.8) is 0 Å². The van der Waals surface area contributed by atoms with Gasteiger partial charge in [-0.1, -0.05) is 18.2 Å². The zero-order valence-electron chi connectivity index (χ0n) is 13.6. The van der Waals surface area contributed by atoms with E-state index in [1.165, 1.54) is 5.56 Å². The molecule has 6 heteroatoms. The van der Waals surface area contributed by atoms with E-state index in [0.717, 1.165) is 44.2 Å². The molecule has 1 heterocycles. The number of fused-ring (bicyclic) bond motifs is 1. The van der Waals surface area contributed by atoms with Crippen LogP contribution in [0.15, 0.2) is 29.3 Å². The summed E-state index contributed by atoms with van der Waals surface area (Å²) in [6.45, 7) is 2.76. The number of halogens is 1. The molecule has 0 aromatic heterocycles. The summed E-state index contributed by atoms with van der Waals surface area (Å²) in [6.07, 6.45) is 2.24. The molecule has 1 aromatic rings. The van der Waals surface area contributed by atoms with Crippen LogP contribution in [0.5, 0.6) is 5.75 Å². The maximum absolute atomic E-state index is 5.91. The van der Waals surface area contributed by atoms with Crippen molar-refractivity contribution in [3.05, 3.63) is 29.8 Å². The Morgan fingerprint density at radius 1 is 1.32 bits per heavy atom. The number of hydrogen-bond donors (Lipinski definition) is 2. The Morgan fingerprint density at radius 2 is 2.09 bits per heavy atom. The molecule has 1 aliphatic rings. The molecule has 124 valence electrons. The summed E-state index contributed by atoms with van der Waals surface area (Å²) < 4.78 is 5.91. The first-order valence-corrected chi connectivity index (χ1v) is 7.53. The number of ether oxygens (including phenoxy) is 1. The lowest BCUT2D eigenvalue weighted by molar-refractivity contribution is 0.235. The van der Waals surface area contributed by atoms with E-state index in [1.807, 2.05) is 12.1 Å². The molecule has 0 radical (unpaired) electrons. The molecule has 0 saturated heterocycles. The molecule has 0 bridgehead atoms. The molecule has 1 unspecified atom stereocenters. The van der Waals surface area contributed by atoms with Crippen LogP contribution in [0.4, 0.5) is 0 Å². The highest BCUT2D eigenvalue weighted by atomic mass is 127. The number of benzene rings is 1. The summed E-state index contributed by atoms with van der Waals surface area (Å²) in [5.74, 6) is 1.85. The van der Waals surface area contributed by atoms with Gasteiger partial charge in [0.2, 0.25) is 0 Å². The van der Waals surface area contributed by atoms with Gasteiger partial charge < -0.3 is 20.3 Å². The van der Waals surface area contributed by atoms with Crippen LogP contribution in [0.3, 0.4) is 0 Å². The first kappa shape index (κ1) is 19.0. The Labute approximate surface area is 150 Å². The van der Waals surface area contributed by atoms with Gasteiger partial charge in [0, 0.05) is 20.0 Å². The lowest BCUT2D eigenvalue weighted by atomic mass is 10.1. The van der Waals surface area contributed by atoms with Gasteiger partial charge in [0.25, 0.3) is 0 Å². The van der Waals surface area contributed by atoms with Crippen molar-refractivity contribution < 1.29 is 4.74 Å². The van der Waals surface area contributed by atoms with E-state index >= 15 is 0 Å². The summed E-state index contributed by atoms with van der Waals surface area (Å²) >= 11 is 0. The van der Waals surface area contributed by atoms with E-state index in [2.05, 4.69) is 46.8 Å². The summed E-state index contributed by atoms with van der Waals surface area (Å²) in [7, 11) is 5.97. The van der Waals surface area contributed by atoms with Crippen LogP contribution in [-0.4, -0.2) is 57.7 Å². The van der Waals surface area contributed by atoms with E-state index in [4.69, 9.17) is 4.74 Å². The molecule has 1 aromatic carbocycles. The van der Waals surface area contributed by atoms with E-state index < -0.39 is 0 Å². The number of hydrogen-bond acceptors (Lipinski definition) is 3. The SMILES string of the molecule is CN=C(NCCCN(C)C)NCC1Cc2ccccc2O1.I. The fourth-order valence-electron chi connectivity index (χ4n) is 2.40. The third kappa shape index (κ3) is 6.00. The highest BCUT2D eigenvalue weighted by Gasteiger charge is 2.22. The average molecular weight is 418 g/mol. The van der Waals surface area contributed by atoms with Crippen LogP contribution >= 0.6 is 24.0 Å². The molecule has 1 aliphatic heterocycles. The van der Waals surface area contributed by atoms with Crippen molar-refractivity contribution in [1.82, 2.24) is 15.5 Å². The number of aliphatic imine (C=N–C) groups is 1. The topological polar surface area (TPSA) is 48.9 Å². The second kappa shape index (κ2) is 9.89. The van der Waals surface area contributed by atoms with Gasteiger partial charge in [-0.15, -0.1) is 24.0 Å². The second-order valence-corrected chi connectivity index (χ2v) is 5.59. The molecule has 2 N–H and O–H groups in total. The predicted molar refractivity (Wildman–Crippen MR) is 103 cm³/mol. The summed E-state index contributed by atoms with van der Waals surface area (Å²) in [4.78, 5) is 6.42. The Balaban J connectivity index is 0.00000242. The van der Waals surface area contributed by atoms with Gasteiger partial charge >= 0.3 is 0 Å². The number of nitrogens with one attached hydrogen (secondary N) is 2. The van der Waals surface area contributed by atoms with Crippen molar-refractivity contribution >= 4 is 29.9 Å². The summed E-state index contributed by atoms with van der Waals surface area (Å²) in [5.41, 5.74) is 1.29. The molecule has 22 heavy (non-hydrogen) atoms. The maximum Gasteiger partial charge on any atom is 0.191 e. The molecule has 1 atom stereocenters. The minimum absolute atomic E-state index is 0. The lowest BCUT2D eigenvalue weighted by Gasteiger charge is -2.16. The monoisotopic (exact) mass is 418 g/mol. The fraction of sp³-hybridized carbons (Fsp3) is 0.562. The first-order chi connectivity index (χ1) is 10.2. The number of guanidine groups is 1. The van der Waals surface area contributed by atoms with Crippen molar-refractivity contribution in [1.29, 1.82) is 0 Å². The highest BCUT2D eigenvalue weighted by molar-refractivity contribution is 14.0. The van der Waals surface area contributed by atoms with Gasteiger partial charge in [0.05, 0.1) is 6.54 Å². The molecule has 5 nitrogen and oxygen atoms in total. The minimum atomic E-state index is 0. The molecule has 0 amide bonds. The molecule has 2 rings (SSSR count). The Hall–Kier alpha value is -1.02. The quantitative estimate of drug-likeness (QED) is 0.320. The Morgan fingerprint density at radius 3 is 2.77 bits per heavy atom. The standard InChI is InChI=1S/C16H26N4O.HI/c1-17-16(18-9-6-10-20(2)3)19-12-14-11-13-7-4-5-8-15(13)21-14;/h4-5,7-8,14H,6,9-12H2,1-3H3,(H2,17,18,19);1H. The Bertz CT molecular complexity index is 454. The molecule has 0 aliphatic carbocycles. The van der Waals surface area contributed by atoms with Crippen molar-refractivity contribution in [2.24, 2.45) is 4.99 Å². The first-order valence-electron chi connectivity index (χ1n) is 7.53. The van der Waals surface area contributed by atoms with E-state index in [9.17, 15) is 0 Å². The zero-order valence-corrected chi connectivity index (χ0v) is 16.0. The number of nitrogens with zero attached hydrogens (tertiary/aromatic N) is 2. The lowest BCUT2D eigenvalue weighted by Crippen LogP contribution is -2.42. The summed E-state index contributed by atoms with van der Waals surface area (Å²) in [5, 5.41) is 6.66. The molecule has 0 saturated carbocycles. The fourth-order valence-corrected chi connectivity index (χ4v) is 2.40. The number of para-hydroxylation sites is 1. The van der Waals surface area contributed by atoms with Gasteiger partial charge in [-0.2, -0.15) is 0 Å².